The second kappa shape index (κ2) is 14.7. The minimum absolute atomic E-state index is 0.581. The molecule has 0 spiro atoms. The summed E-state index contributed by atoms with van der Waals surface area (Å²) in [5, 5.41) is 0. The van der Waals surface area contributed by atoms with Crippen LogP contribution in [0.25, 0.3) is 44.5 Å². The van der Waals surface area contributed by atoms with E-state index in [4.69, 9.17) is 0 Å². The van der Waals surface area contributed by atoms with Gasteiger partial charge in [-0.2, -0.15) is 0 Å². The van der Waals surface area contributed by atoms with Gasteiger partial charge in [0, 0.05) is 21.5 Å². The van der Waals surface area contributed by atoms with E-state index in [-0.39, 0.29) is 0 Å². The smallest absolute Gasteiger partial charge is 0.0724 e. The van der Waals surface area contributed by atoms with E-state index < -0.39 is 5.41 Å². The van der Waals surface area contributed by atoms with Gasteiger partial charge in [-0.25, -0.2) is 0 Å². The number of rotatable bonds is 8. The van der Waals surface area contributed by atoms with Gasteiger partial charge in [-0.3, -0.25) is 0 Å². The van der Waals surface area contributed by atoms with Crippen molar-refractivity contribution in [1.29, 1.82) is 0 Å². The molecule has 1 aliphatic carbocycles. The van der Waals surface area contributed by atoms with Crippen LogP contribution >= 0.6 is 15.9 Å². The van der Waals surface area contributed by atoms with E-state index in [9.17, 15) is 0 Å². The molecule has 10 rings (SSSR count). The Balaban J connectivity index is 1.17. The summed E-state index contributed by atoms with van der Waals surface area (Å²) in [5.74, 6) is 0. The second-order valence-electron chi connectivity index (χ2n) is 14.6. The van der Waals surface area contributed by atoms with Gasteiger partial charge in [0.1, 0.15) is 0 Å². The van der Waals surface area contributed by atoms with Crippen LogP contribution in [0.4, 0.5) is 17.1 Å². The largest absolute Gasteiger partial charge is 0.311 e. The molecule has 0 unspecified atom stereocenters. The summed E-state index contributed by atoms with van der Waals surface area (Å²) in [7, 11) is 0. The molecule has 2 heteroatoms. The Morgan fingerprint density at radius 3 is 1.16 bits per heavy atom. The fourth-order valence-corrected chi connectivity index (χ4v) is 9.38. The van der Waals surface area contributed by atoms with Crippen molar-refractivity contribution in [2.24, 2.45) is 0 Å². The Hall–Kier alpha value is -6.74. The first-order chi connectivity index (χ1) is 28.2. The maximum absolute atomic E-state index is 4.06. The molecule has 0 aromatic heterocycles. The van der Waals surface area contributed by atoms with Gasteiger partial charge in [0.05, 0.1) is 5.41 Å². The number of anilines is 3. The Bertz CT molecular complexity index is 2730. The zero-order valence-electron chi connectivity index (χ0n) is 31.3. The van der Waals surface area contributed by atoms with E-state index >= 15 is 0 Å². The Morgan fingerprint density at radius 1 is 0.298 bits per heavy atom. The summed E-state index contributed by atoms with van der Waals surface area (Å²) in [6, 6.07) is 83.7. The SMILES string of the molecule is Brc1ccccc1C1(c2ccc(N(c3ccccc3)c3ccc(-c4ccccc4)cc3)cc2)c2ccc(-c3ccccc3)cc2-c2cc(-c3ccccc3)ccc21. The third kappa shape index (κ3) is 6.10. The average Bonchev–Trinajstić information content (AvgIpc) is 3.58. The molecule has 0 aliphatic heterocycles. The number of benzene rings is 9. The van der Waals surface area contributed by atoms with Gasteiger partial charge in [-0.05, 0) is 121 Å². The Labute approximate surface area is 343 Å². The minimum atomic E-state index is -0.581. The highest BCUT2D eigenvalue weighted by Gasteiger charge is 2.47. The quantitative estimate of drug-likeness (QED) is 0.148. The van der Waals surface area contributed by atoms with Crippen LogP contribution in [0.3, 0.4) is 0 Å². The molecule has 0 saturated carbocycles. The number of hydrogen-bond donors (Lipinski definition) is 0. The molecule has 57 heavy (non-hydrogen) atoms. The van der Waals surface area contributed by atoms with Crippen molar-refractivity contribution >= 4 is 33.0 Å². The van der Waals surface area contributed by atoms with Gasteiger partial charge in [0.25, 0.3) is 0 Å². The monoisotopic (exact) mass is 791 g/mol. The standard InChI is InChI=1S/C55H38BrN/c56-54-24-14-13-23-53(54)55(45-29-33-48(34-30-45)57(46-21-11-4-12-22-46)47-31-25-42(26-32-47)39-15-5-1-6-16-39)51-35-27-43(40-17-7-2-8-18-40)37-49(51)50-38-44(28-36-52(50)55)41-19-9-3-10-20-41/h1-38H. The molecule has 0 radical (unpaired) electrons. The van der Waals surface area contributed by atoms with Crippen LogP contribution < -0.4 is 4.90 Å². The topological polar surface area (TPSA) is 3.24 Å². The van der Waals surface area contributed by atoms with E-state index in [1.165, 1.54) is 66.8 Å². The number of halogens is 1. The lowest BCUT2D eigenvalue weighted by Gasteiger charge is -2.35. The number of fused-ring (bicyclic) bond motifs is 3. The zero-order valence-corrected chi connectivity index (χ0v) is 32.9. The molecule has 9 aromatic carbocycles. The van der Waals surface area contributed by atoms with Crippen molar-refractivity contribution in [1.82, 2.24) is 0 Å². The molecular formula is C55H38BrN. The summed E-state index contributed by atoms with van der Waals surface area (Å²) in [4.78, 5) is 2.35. The highest BCUT2D eigenvalue weighted by atomic mass is 79.9. The van der Waals surface area contributed by atoms with E-state index in [1.54, 1.807) is 0 Å². The Morgan fingerprint density at radius 2 is 0.667 bits per heavy atom. The predicted molar refractivity (Wildman–Crippen MR) is 242 cm³/mol. The lowest BCUT2D eigenvalue weighted by atomic mass is 9.67. The highest BCUT2D eigenvalue weighted by Crippen LogP contribution is 2.58. The van der Waals surface area contributed by atoms with Crippen LogP contribution in [0.1, 0.15) is 22.3 Å². The third-order valence-electron chi connectivity index (χ3n) is 11.4. The van der Waals surface area contributed by atoms with Crippen molar-refractivity contribution in [3.05, 3.63) is 257 Å². The molecule has 0 bridgehead atoms. The normalized spacial score (nSPS) is 12.4. The van der Waals surface area contributed by atoms with Gasteiger partial charge in [0.15, 0.2) is 0 Å². The average molecular weight is 793 g/mol. The molecule has 1 nitrogen and oxygen atoms in total. The van der Waals surface area contributed by atoms with Crippen molar-refractivity contribution in [2.75, 3.05) is 4.90 Å². The lowest BCUT2D eigenvalue weighted by Crippen LogP contribution is -2.29. The first kappa shape index (κ1) is 34.7. The molecule has 270 valence electrons. The molecule has 9 aromatic rings. The minimum Gasteiger partial charge on any atom is -0.311 e. The molecule has 0 heterocycles. The van der Waals surface area contributed by atoms with Gasteiger partial charge in [-0.15, -0.1) is 0 Å². The highest BCUT2D eigenvalue weighted by molar-refractivity contribution is 9.10. The van der Waals surface area contributed by atoms with Crippen LogP contribution in [0.5, 0.6) is 0 Å². The first-order valence-corrected chi connectivity index (χ1v) is 20.2. The molecule has 0 saturated heterocycles. The van der Waals surface area contributed by atoms with E-state index in [0.717, 1.165) is 21.5 Å². The van der Waals surface area contributed by atoms with Crippen molar-refractivity contribution in [2.45, 2.75) is 5.41 Å². The van der Waals surface area contributed by atoms with Crippen molar-refractivity contribution in [3.8, 4) is 44.5 Å². The fourth-order valence-electron chi connectivity index (χ4n) is 8.79. The second-order valence-corrected chi connectivity index (χ2v) is 15.5. The molecule has 0 amide bonds. The van der Waals surface area contributed by atoms with E-state index in [2.05, 4.69) is 251 Å². The summed E-state index contributed by atoms with van der Waals surface area (Å²) < 4.78 is 1.08. The number of hydrogen-bond acceptors (Lipinski definition) is 1. The maximum Gasteiger partial charge on any atom is 0.0724 e. The van der Waals surface area contributed by atoms with Crippen molar-refractivity contribution < 1.29 is 0 Å². The molecule has 0 atom stereocenters. The predicted octanol–water partition coefficient (Wildman–Crippen LogP) is 15.3. The molecule has 0 fully saturated rings. The fraction of sp³-hybridized carbons (Fsp3) is 0.0182. The molecule has 0 N–H and O–H groups in total. The summed E-state index contributed by atoms with van der Waals surface area (Å²) >= 11 is 4.06. The number of nitrogens with zero attached hydrogens (tertiary/aromatic N) is 1. The van der Waals surface area contributed by atoms with Crippen LogP contribution in [0, 0.1) is 0 Å². The van der Waals surface area contributed by atoms with Crippen LogP contribution in [0.15, 0.2) is 235 Å². The van der Waals surface area contributed by atoms with Gasteiger partial charge in [0.2, 0.25) is 0 Å². The van der Waals surface area contributed by atoms with Gasteiger partial charge < -0.3 is 4.90 Å². The van der Waals surface area contributed by atoms with Gasteiger partial charge in [-0.1, -0.05) is 192 Å². The Kier molecular flexibility index (Phi) is 8.97. The molecular weight excluding hydrogens is 755 g/mol. The zero-order chi connectivity index (χ0) is 38.2. The van der Waals surface area contributed by atoms with Crippen LogP contribution in [-0.2, 0) is 5.41 Å². The van der Waals surface area contributed by atoms with Crippen LogP contribution in [-0.4, -0.2) is 0 Å². The molecule has 1 aliphatic rings. The van der Waals surface area contributed by atoms with E-state index in [0.29, 0.717) is 0 Å². The van der Waals surface area contributed by atoms with Crippen LogP contribution in [0.2, 0.25) is 0 Å². The van der Waals surface area contributed by atoms with E-state index in [1.807, 2.05) is 0 Å². The van der Waals surface area contributed by atoms with Gasteiger partial charge >= 0.3 is 0 Å². The summed E-state index contributed by atoms with van der Waals surface area (Å²) in [6.07, 6.45) is 0. The summed E-state index contributed by atoms with van der Waals surface area (Å²) in [5.41, 5.74) is 17.5. The third-order valence-corrected chi connectivity index (χ3v) is 12.1. The maximum atomic E-state index is 4.06. The van der Waals surface area contributed by atoms with Crippen molar-refractivity contribution in [3.63, 3.8) is 0 Å². The first-order valence-electron chi connectivity index (χ1n) is 19.4. The lowest BCUT2D eigenvalue weighted by molar-refractivity contribution is 0.764. The number of para-hydroxylation sites is 1. The summed E-state index contributed by atoms with van der Waals surface area (Å²) in [6.45, 7) is 0.